The first-order valence-electron chi connectivity index (χ1n) is 7.27. The van der Waals surface area contributed by atoms with Crippen LogP contribution >= 0.6 is 15.9 Å². The summed E-state index contributed by atoms with van der Waals surface area (Å²) in [5, 5.41) is 0. The maximum atomic E-state index is 4.82. The van der Waals surface area contributed by atoms with E-state index in [1.807, 2.05) is 24.3 Å². The van der Waals surface area contributed by atoms with Gasteiger partial charge >= 0.3 is 0 Å². The highest BCUT2D eigenvalue weighted by atomic mass is 79.9. The molecule has 106 valence electrons. The molecule has 0 aliphatic carbocycles. The van der Waals surface area contributed by atoms with Crippen LogP contribution in [0.3, 0.4) is 0 Å². The monoisotopic (exact) mass is 333 g/mol. The fraction of sp³-hybridized carbons (Fsp3) is 0.500. The van der Waals surface area contributed by atoms with Crippen LogP contribution in [0, 0.1) is 12.8 Å². The van der Waals surface area contributed by atoms with Gasteiger partial charge in [-0.2, -0.15) is 0 Å². The zero-order chi connectivity index (χ0) is 14.1. The number of halogens is 1. The Kier molecular flexibility index (Phi) is 3.92. The number of alkyl halides is 1. The molecule has 3 nitrogen and oxygen atoms in total. The summed E-state index contributed by atoms with van der Waals surface area (Å²) < 4.78 is 0. The Morgan fingerprint density at radius 1 is 1.15 bits per heavy atom. The van der Waals surface area contributed by atoms with Gasteiger partial charge in [0, 0.05) is 17.9 Å². The zero-order valence-corrected chi connectivity index (χ0v) is 13.6. The molecule has 1 unspecified atom stereocenters. The maximum absolute atomic E-state index is 4.82. The lowest BCUT2D eigenvalue weighted by molar-refractivity contribution is 0.405. The first-order valence-corrected chi connectivity index (χ1v) is 8.19. The molecule has 1 saturated heterocycles. The van der Waals surface area contributed by atoms with Gasteiger partial charge in [-0.25, -0.2) is 9.97 Å². The van der Waals surface area contributed by atoms with Crippen molar-refractivity contribution in [3.8, 4) is 0 Å². The van der Waals surface area contributed by atoms with E-state index in [1.54, 1.807) is 0 Å². The Morgan fingerprint density at radius 2 is 1.75 bits per heavy atom. The molecule has 2 heterocycles. The highest BCUT2D eigenvalue weighted by Gasteiger charge is 2.24. The third kappa shape index (κ3) is 2.66. The molecule has 20 heavy (non-hydrogen) atoms. The van der Waals surface area contributed by atoms with E-state index in [2.05, 4.69) is 34.7 Å². The van der Waals surface area contributed by atoms with Crippen LogP contribution < -0.4 is 4.90 Å². The molecule has 0 amide bonds. The van der Waals surface area contributed by atoms with E-state index < -0.39 is 0 Å². The van der Waals surface area contributed by atoms with Crippen LogP contribution in [-0.2, 0) is 0 Å². The molecule has 0 spiro atoms. The van der Waals surface area contributed by atoms with Crippen molar-refractivity contribution in [1.82, 2.24) is 9.97 Å². The summed E-state index contributed by atoms with van der Waals surface area (Å²) in [5.74, 6) is 1.84. The molecule has 1 aromatic carbocycles. The summed E-state index contributed by atoms with van der Waals surface area (Å²) in [7, 11) is 0. The van der Waals surface area contributed by atoms with Crippen molar-refractivity contribution < 1.29 is 0 Å². The average Bonchev–Trinajstić information content (AvgIpc) is 2.46. The molecular weight excluding hydrogens is 314 g/mol. The highest BCUT2D eigenvalue weighted by molar-refractivity contribution is 9.09. The smallest absolute Gasteiger partial charge is 0.150 e. The van der Waals surface area contributed by atoms with E-state index in [9.17, 15) is 0 Å². The van der Waals surface area contributed by atoms with Crippen molar-refractivity contribution in [1.29, 1.82) is 0 Å². The number of benzene rings is 1. The summed E-state index contributed by atoms with van der Waals surface area (Å²) >= 11 is 3.71. The second kappa shape index (κ2) is 5.68. The molecule has 2 aromatic rings. The Hall–Kier alpha value is -1.16. The van der Waals surface area contributed by atoms with Crippen molar-refractivity contribution in [2.45, 2.75) is 31.5 Å². The molecular formula is C16H20BrN3. The molecule has 3 rings (SSSR count). The molecule has 1 fully saturated rings. The molecule has 0 N–H and O–H groups in total. The minimum absolute atomic E-state index is 0.605. The summed E-state index contributed by atoms with van der Waals surface area (Å²) in [5.41, 5.74) is 3.01. The minimum Gasteiger partial charge on any atom is -0.355 e. The second-order valence-electron chi connectivity index (χ2n) is 5.62. The maximum Gasteiger partial charge on any atom is 0.150 e. The number of aryl methyl sites for hydroxylation is 1. The quantitative estimate of drug-likeness (QED) is 0.779. The summed E-state index contributed by atoms with van der Waals surface area (Å²) in [6.07, 6.45) is 2.45. The number of aromatic nitrogens is 2. The fourth-order valence-corrected chi connectivity index (χ4v) is 3.48. The molecule has 1 atom stereocenters. The lowest BCUT2D eigenvalue weighted by atomic mass is 9.94. The molecule has 4 heteroatoms. The van der Waals surface area contributed by atoms with E-state index >= 15 is 0 Å². The predicted octanol–water partition coefficient (Wildman–Crippen LogP) is 3.94. The Labute approximate surface area is 128 Å². The molecule has 0 radical (unpaired) electrons. The van der Waals surface area contributed by atoms with Gasteiger partial charge < -0.3 is 4.90 Å². The molecule has 1 aromatic heterocycles. The number of anilines is 1. The van der Waals surface area contributed by atoms with Crippen LogP contribution in [0.4, 0.5) is 5.82 Å². The van der Waals surface area contributed by atoms with Crippen molar-refractivity contribution in [3.05, 3.63) is 30.0 Å². The molecule has 1 aliphatic heterocycles. The van der Waals surface area contributed by atoms with E-state index in [4.69, 9.17) is 9.97 Å². The lowest BCUT2D eigenvalue weighted by Gasteiger charge is -2.34. The second-order valence-corrected chi connectivity index (χ2v) is 7.07. The average molecular weight is 334 g/mol. The first-order chi connectivity index (χ1) is 9.65. The Balaban J connectivity index is 1.86. The van der Waals surface area contributed by atoms with Gasteiger partial charge in [-0.15, -0.1) is 0 Å². The standard InChI is InChI=1S/C16H20BrN3/c1-11(17)13-7-9-20(10-8-13)16-12(2)18-14-5-3-4-6-15(14)19-16/h3-6,11,13H,7-10H2,1-2H3. The lowest BCUT2D eigenvalue weighted by Crippen LogP contribution is -2.36. The van der Waals surface area contributed by atoms with E-state index in [-0.39, 0.29) is 0 Å². The SMILES string of the molecule is Cc1nc2ccccc2nc1N1CCC(C(C)Br)CC1. The number of para-hydroxylation sites is 2. The predicted molar refractivity (Wildman–Crippen MR) is 87.6 cm³/mol. The number of hydrogen-bond donors (Lipinski definition) is 0. The van der Waals surface area contributed by atoms with Crippen LogP contribution in [-0.4, -0.2) is 27.9 Å². The number of piperidine rings is 1. The number of nitrogens with zero attached hydrogens (tertiary/aromatic N) is 3. The van der Waals surface area contributed by atoms with Gasteiger partial charge in [-0.1, -0.05) is 35.0 Å². The highest BCUT2D eigenvalue weighted by Crippen LogP contribution is 2.29. The van der Waals surface area contributed by atoms with Crippen LogP contribution in [0.1, 0.15) is 25.5 Å². The molecule has 1 aliphatic rings. The van der Waals surface area contributed by atoms with E-state index in [1.165, 1.54) is 12.8 Å². The fourth-order valence-electron chi connectivity index (χ4n) is 2.95. The number of hydrogen-bond acceptors (Lipinski definition) is 3. The zero-order valence-electron chi connectivity index (χ0n) is 12.0. The third-order valence-corrected chi connectivity index (χ3v) is 4.96. The van der Waals surface area contributed by atoms with Gasteiger partial charge in [0.05, 0.1) is 16.7 Å². The summed E-state index contributed by atoms with van der Waals surface area (Å²) in [4.78, 5) is 12.5. The van der Waals surface area contributed by atoms with Crippen molar-refractivity contribution in [2.75, 3.05) is 18.0 Å². The van der Waals surface area contributed by atoms with Crippen LogP contribution in [0.15, 0.2) is 24.3 Å². The van der Waals surface area contributed by atoms with E-state index in [0.29, 0.717) is 4.83 Å². The number of rotatable bonds is 2. The Morgan fingerprint density at radius 3 is 2.35 bits per heavy atom. The van der Waals surface area contributed by atoms with Gasteiger partial charge in [0.1, 0.15) is 0 Å². The van der Waals surface area contributed by atoms with Crippen molar-refractivity contribution in [2.24, 2.45) is 5.92 Å². The van der Waals surface area contributed by atoms with Gasteiger partial charge in [-0.3, -0.25) is 0 Å². The molecule has 0 saturated carbocycles. The Bertz CT molecular complexity index is 604. The normalized spacial score (nSPS) is 18.4. The van der Waals surface area contributed by atoms with Crippen LogP contribution in [0.2, 0.25) is 0 Å². The summed E-state index contributed by atoms with van der Waals surface area (Å²) in [6, 6.07) is 8.10. The van der Waals surface area contributed by atoms with Crippen LogP contribution in [0.5, 0.6) is 0 Å². The van der Waals surface area contributed by atoms with Crippen molar-refractivity contribution >= 4 is 32.8 Å². The van der Waals surface area contributed by atoms with Gasteiger partial charge in [-0.05, 0) is 37.8 Å². The van der Waals surface area contributed by atoms with Crippen molar-refractivity contribution in [3.63, 3.8) is 0 Å². The van der Waals surface area contributed by atoms with E-state index in [0.717, 1.165) is 41.6 Å². The first kappa shape index (κ1) is 13.8. The minimum atomic E-state index is 0.605. The van der Waals surface area contributed by atoms with Gasteiger partial charge in [0.2, 0.25) is 0 Å². The molecule has 0 bridgehead atoms. The topological polar surface area (TPSA) is 29.0 Å². The number of fused-ring (bicyclic) bond motifs is 1. The largest absolute Gasteiger partial charge is 0.355 e. The van der Waals surface area contributed by atoms with Gasteiger partial charge in [0.15, 0.2) is 5.82 Å². The van der Waals surface area contributed by atoms with Crippen LogP contribution in [0.25, 0.3) is 11.0 Å². The third-order valence-electron chi connectivity index (χ3n) is 4.21. The van der Waals surface area contributed by atoms with Gasteiger partial charge in [0.25, 0.3) is 0 Å². The summed E-state index contributed by atoms with van der Waals surface area (Å²) in [6.45, 7) is 6.47.